The van der Waals surface area contributed by atoms with Gasteiger partial charge in [-0.1, -0.05) is 23.2 Å². The third kappa shape index (κ3) is 2.60. The summed E-state index contributed by atoms with van der Waals surface area (Å²) in [7, 11) is 0. The van der Waals surface area contributed by atoms with Crippen LogP contribution in [0.5, 0.6) is 0 Å². The molecule has 2 rings (SSSR count). The second-order valence-electron chi connectivity index (χ2n) is 4.39. The van der Waals surface area contributed by atoms with Crippen LogP contribution in [0.1, 0.15) is 23.2 Å². The van der Waals surface area contributed by atoms with Crippen LogP contribution in [0.4, 0.5) is 0 Å². The maximum absolute atomic E-state index is 11.8. The van der Waals surface area contributed by atoms with E-state index in [1.165, 1.54) is 12.1 Å². The van der Waals surface area contributed by atoms with Crippen LogP contribution in [0.15, 0.2) is 18.2 Å². The second-order valence-corrected chi connectivity index (χ2v) is 5.24. The van der Waals surface area contributed by atoms with Crippen LogP contribution in [0.2, 0.25) is 10.0 Å². The lowest BCUT2D eigenvalue weighted by molar-refractivity contribution is -0.143. The first-order valence-electron chi connectivity index (χ1n) is 5.41. The Kier molecular flexibility index (Phi) is 3.50. The normalized spacial score (nSPS) is 16.1. The van der Waals surface area contributed by atoms with Crippen molar-refractivity contribution in [3.05, 3.63) is 33.8 Å². The monoisotopic (exact) mass is 287 g/mol. The number of halogens is 2. The molecule has 0 atom stereocenters. The summed E-state index contributed by atoms with van der Waals surface area (Å²) in [4.78, 5) is 22.8. The number of carbonyl (C=O) groups excluding carboxylic acids is 1. The minimum absolute atomic E-state index is 0.125. The number of carboxylic acid groups (broad SMARTS) is 1. The fourth-order valence-corrected chi connectivity index (χ4v) is 2.13. The SMILES string of the molecule is O=C(NCC1(C(=O)O)CC1)c1ccc(Cl)cc1Cl. The Morgan fingerprint density at radius 1 is 1.33 bits per heavy atom. The molecule has 2 N–H and O–H groups in total. The largest absolute Gasteiger partial charge is 0.481 e. The number of amides is 1. The predicted molar refractivity (Wildman–Crippen MR) is 68.1 cm³/mol. The smallest absolute Gasteiger partial charge is 0.311 e. The van der Waals surface area contributed by atoms with Gasteiger partial charge in [0.15, 0.2) is 0 Å². The van der Waals surface area contributed by atoms with Crippen LogP contribution in [0.3, 0.4) is 0 Å². The molecule has 1 aromatic rings. The van der Waals surface area contributed by atoms with Crippen molar-refractivity contribution in [2.45, 2.75) is 12.8 Å². The first-order valence-corrected chi connectivity index (χ1v) is 6.17. The molecule has 0 aliphatic heterocycles. The number of carboxylic acids is 1. The standard InChI is InChI=1S/C12H11Cl2NO3/c13-7-1-2-8(9(14)5-7)10(16)15-6-12(3-4-12)11(17)18/h1-2,5H,3-4,6H2,(H,15,16)(H,17,18). The lowest BCUT2D eigenvalue weighted by Gasteiger charge is -2.11. The summed E-state index contributed by atoms with van der Waals surface area (Å²) < 4.78 is 0. The van der Waals surface area contributed by atoms with E-state index in [0.717, 1.165) is 0 Å². The molecular weight excluding hydrogens is 277 g/mol. The van der Waals surface area contributed by atoms with Crippen molar-refractivity contribution in [3.8, 4) is 0 Å². The summed E-state index contributed by atoms with van der Waals surface area (Å²) in [6.45, 7) is 0.125. The number of nitrogens with one attached hydrogen (secondary N) is 1. The number of benzene rings is 1. The van der Waals surface area contributed by atoms with Gasteiger partial charge < -0.3 is 10.4 Å². The lowest BCUT2D eigenvalue weighted by Crippen LogP contribution is -2.34. The molecule has 1 saturated carbocycles. The highest BCUT2D eigenvalue weighted by Gasteiger charge is 2.50. The Labute approximate surface area is 114 Å². The fraction of sp³-hybridized carbons (Fsp3) is 0.333. The predicted octanol–water partition coefficient (Wildman–Crippen LogP) is 2.59. The van der Waals surface area contributed by atoms with E-state index in [2.05, 4.69) is 5.32 Å². The van der Waals surface area contributed by atoms with Gasteiger partial charge in [-0.05, 0) is 31.0 Å². The van der Waals surface area contributed by atoms with E-state index in [4.69, 9.17) is 28.3 Å². The molecule has 1 aliphatic carbocycles. The Morgan fingerprint density at radius 2 is 2.00 bits per heavy atom. The molecule has 0 spiro atoms. The van der Waals surface area contributed by atoms with E-state index in [-0.39, 0.29) is 17.5 Å². The van der Waals surface area contributed by atoms with Crippen LogP contribution in [0.25, 0.3) is 0 Å². The number of carbonyl (C=O) groups is 2. The van der Waals surface area contributed by atoms with Crippen molar-refractivity contribution in [2.24, 2.45) is 5.41 Å². The highest BCUT2D eigenvalue weighted by Crippen LogP contribution is 2.45. The summed E-state index contributed by atoms with van der Waals surface area (Å²) in [5, 5.41) is 12.3. The molecule has 1 aliphatic rings. The van der Waals surface area contributed by atoms with Gasteiger partial charge in [0, 0.05) is 11.6 Å². The average Bonchev–Trinajstić information content (AvgIpc) is 3.07. The van der Waals surface area contributed by atoms with Crippen molar-refractivity contribution >= 4 is 35.1 Å². The van der Waals surface area contributed by atoms with Gasteiger partial charge in [0.25, 0.3) is 5.91 Å². The molecule has 1 amide bonds. The third-order valence-electron chi connectivity index (χ3n) is 3.07. The molecule has 0 heterocycles. The van der Waals surface area contributed by atoms with Crippen LogP contribution in [-0.2, 0) is 4.79 Å². The Balaban J connectivity index is 2.02. The van der Waals surface area contributed by atoms with E-state index in [9.17, 15) is 9.59 Å². The third-order valence-corrected chi connectivity index (χ3v) is 3.62. The van der Waals surface area contributed by atoms with Gasteiger partial charge in [-0.15, -0.1) is 0 Å². The number of rotatable bonds is 4. The van der Waals surface area contributed by atoms with Crippen molar-refractivity contribution in [1.29, 1.82) is 0 Å². The van der Waals surface area contributed by atoms with Gasteiger partial charge in [-0.25, -0.2) is 0 Å². The van der Waals surface area contributed by atoms with Gasteiger partial charge in [0.1, 0.15) is 0 Å². The first-order chi connectivity index (χ1) is 8.44. The van der Waals surface area contributed by atoms with Crippen LogP contribution in [0, 0.1) is 5.41 Å². The van der Waals surface area contributed by atoms with Crippen LogP contribution in [-0.4, -0.2) is 23.5 Å². The zero-order valence-corrected chi connectivity index (χ0v) is 10.9. The molecule has 0 saturated heterocycles. The summed E-state index contributed by atoms with van der Waals surface area (Å²) in [6, 6.07) is 4.55. The number of hydrogen-bond acceptors (Lipinski definition) is 2. The Hall–Kier alpha value is -1.26. The highest BCUT2D eigenvalue weighted by molar-refractivity contribution is 6.36. The number of hydrogen-bond donors (Lipinski definition) is 2. The summed E-state index contributed by atoms with van der Waals surface area (Å²) in [5.41, 5.74) is -0.489. The first kappa shape index (κ1) is 13.2. The van der Waals surface area contributed by atoms with Crippen molar-refractivity contribution in [1.82, 2.24) is 5.32 Å². The molecule has 96 valence electrons. The minimum atomic E-state index is -0.870. The lowest BCUT2D eigenvalue weighted by atomic mass is 10.1. The van der Waals surface area contributed by atoms with Crippen LogP contribution < -0.4 is 5.32 Å². The Morgan fingerprint density at radius 3 is 2.50 bits per heavy atom. The maximum Gasteiger partial charge on any atom is 0.311 e. The van der Waals surface area contributed by atoms with Gasteiger partial charge in [0.05, 0.1) is 16.0 Å². The van der Waals surface area contributed by atoms with Gasteiger partial charge in [-0.2, -0.15) is 0 Å². The molecule has 0 radical (unpaired) electrons. The van der Waals surface area contributed by atoms with Crippen LogP contribution >= 0.6 is 23.2 Å². The van der Waals surface area contributed by atoms with Gasteiger partial charge >= 0.3 is 5.97 Å². The molecule has 1 aromatic carbocycles. The van der Waals surface area contributed by atoms with Gasteiger partial charge in [0.2, 0.25) is 0 Å². The van der Waals surface area contributed by atoms with Gasteiger partial charge in [-0.3, -0.25) is 9.59 Å². The van der Waals surface area contributed by atoms with E-state index in [1.54, 1.807) is 6.07 Å². The summed E-state index contributed by atoms with van der Waals surface area (Å²) in [5.74, 6) is -1.26. The quantitative estimate of drug-likeness (QED) is 0.895. The molecule has 0 unspecified atom stereocenters. The maximum atomic E-state index is 11.8. The minimum Gasteiger partial charge on any atom is -0.481 e. The molecule has 4 nitrogen and oxygen atoms in total. The molecule has 0 aromatic heterocycles. The highest BCUT2D eigenvalue weighted by atomic mass is 35.5. The van der Waals surface area contributed by atoms with Crippen molar-refractivity contribution in [3.63, 3.8) is 0 Å². The zero-order chi connectivity index (χ0) is 13.3. The van der Waals surface area contributed by atoms with E-state index in [1.807, 2.05) is 0 Å². The van der Waals surface area contributed by atoms with E-state index in [0.29, 0.717) is 23.4 Å². The zero-order valence-electron chi connectivity index (χ0n) is 9.37. The summed E-state index contributed by atoms with van der Waals surface area (Å²) >= 11 is 11.6. The summed E-state index contributed by atoms with van der Waals surface area (Å²) in [6.07, 6.45) is 1.19. The average molecular weight is 288 g/mol. The topological polar surface area (TPSA) is 66.4 Å². The molecule has 18 heavy (non-hydrogen) atoms. The fourth-order valence-electron chi connectivity index (χ4n) is 1.64. The molecule has 6 heteroatoms. The molecular formula is C12H11Cl2NO3. The number of aliphatic carboxylic acids is 1. The van der Waals surface area contributed by atoms with Crippen molar-refractivity contribution < 1.29 is 14.7 Å². The Bertz CT molecular complexity index is 512. The second kappa shape index (κ2) is 4.78. The molecule has 0 bridgehead atoms. The van der Waals surface area contributed by atoms with Crippen molar-refractivity contribution in [2.75, 3.05) is 6.54 Å². The van der Waals surface area contributed by atoms with E-state index < -0.39 is 11.4 Å². The molecule has 1 fully saturated rings. The van der Waals surface area contributed by atoms with E-state index >= 15 is 0 Å².